The number of anilines is 1. The van der Waals surface area contributed by atoms with Crippen LogP contribution in [-0.2, 0) is 0 Å². The van der Waals surface area contributed by atoms with Gasteiger partial charge in [0.25, 0.3) is 5.91 Å². The van der Waals surface area contributed by atoms with E-state index in [-0.39, 0.29) is 17.0 Å². The molecule has 0 saturated heterocycles. The summed E-state index contributed by atoms with van der Waals surface area (Å²) in [5.41, 5.74) is 5.80. The van der Waals surface area contributed by atoms with E-state index in [0.29, 0.717) is 5.69 Å². The van der Waals surface area contributed by atoms with Gasteiger partial charge in [-0.05, 0) is 38.0 Å². The Bertz CT molecular complexity index is 453. The lowest BCUT2D eigenvalue weighted by atomic mass is 9.83. The van der Waals surface area contributed by atoms with E-state index in [9.17, 15) is 9.18 Å². The molecule has 1 amide bonds. The second-order valence-electron chi connectivity index (χ2n) is 5.31. The van der Waals surface area contributed by atoms with Crippen molar-refractivity contribution >= 4 is 11.6 Å². The summed E-state index contributed by atoms with van der Waals surface area (Å²) >= 11 is 0. The SMILES string of the molecule is CC1(NC(=O)c2cc(N)ccc2F)CCCCC1. The van der Waals surface area contributed by atoms with Gasteiger partial charge in [0.1, 0.15) is 5.82 Å². The Balaban J connectivity index is 2.14. The number of rotatable bonds is 2. The molecule has 0 unspecified atom stereocenters. The Morgan fingerprint density at radius 3 is 2.67 bits per heavy atom. The summed E-state index contributed by atoms with van der Waals surface area (Å²) in [7, 11) is 0. The first-order valence-corrected chi connectivity index (χ1v) is 6.38. The van der Waals surface area contributed by atoms with Gasteiger partial charge in [0.05, 0.1) is 5.56 Å². The lowest BCUT2D eigenvalue weighted by Crippen LogP contribution is -2.47. The summed E-state index contributed by atoms with van der Waals surface area (Å²) in [6.07, 6.45) is 5.32. The van der Waals surface area contributed by atoms with Crippen molar-refractivity contribution in [1.82, 2.24) is 5.32 Å². The van der Waals surface area contributed by atoms with Gasteiger partial charge in [-0.3, -0.25) is 4.79 Å². The van der Waals surface area contributed by atoms with Gasteiger partial charge in [0.2, 0.25) is 0 Å². The minimum Gasteiger partial charge on any atom is -0.399 e. The van der Waals surface area contributed by atoms with Crippen LogP contribution in [0.15, 0.2) is 18.2 Å². The van der Waals surface area contributed by atoms with Crippen molar-refractivity contribution in [3.63, 3.8) is 0 Å². The van der Waals surface area contributed by atoms with E-state index < -0.39 is 5.82 Å². The summed E-state index contributed by atoms with van der Waals surface area (Å²) in [5, 5.41) is 2.95. The minimum atomic E-state index is -0.527. The number of amides is 1. The van der Waals surface area contributed by atoms with E-state index in [1.165, 1.54) is 24.6 Å². The topological polar surface area (TPSA) is 55.1 Å². The number of hydrogen-bond acceptors (Lipinski definition) is 2. The first kappa shape index (κ1) is 12.9. The van der Waals surface area contributed by atoms with E-state index in [1.807, 2.05) is 6.92 Å². The van der Waals surface area contributed by atoms with Crippen LogP contribution in [0.2, 0.25) is 0 Å². The molecule has 4 heteroatoms. The van der Waals surface area contributed by atoms with Crippen molar-refractivity contribution in [2.24, 2.45) is 0 Å². The van der Waals surface area contributed by atoms with Crippen molar-refractivity contribution in [3.8, 4) is 0 Å². The van der Waals surface area contributed by atoms with Gasteiger partial charge in [-0.25, -0.2) is 4.39 Å². The lowest BCUT2D eigenvalue weighted by Gasteiger charge is -2.34. The zero-order chi connectivity index (χ0) is 13.2. The summed E-state index contributed by atoms with van der Waals surface area (Å²) in [6, 6.07) is 4.07. The van der Waals surface area contributed by atoms with Crippen molar-refractivity contribution in [1.29, 1.82) is 0 Å². The predicted octanol–water partition coefficient (Wildman–Crippen LogP) is 2.86. The van der Waals surface area contributed by atoms with Gasteiger partial charge in [-0.15, -0.1) is 0 Å². The van der Waals surface area contributed by atoms with Crippen molar-refractivity contribution in [3.05, 3.63) is 29.6 Å². The van der Waals surface area contributed by atoms with Crippen molar-refractivity contribution in [2.75, 3.05) is 5.73 Å². The molecule has 3 nitrogen and oxygen atoms in total. The zero-order valence-corrected chi connectivity index (χ0v) is 10.6. The highest BCUT2D eigenvalue weighted by atomic mass is 19.1. The highest BCUT2D eigenvalue weighted by Crippen LogP contribution is 2.28. The Morgan fingerprint density at radius 1 is 1.33 bits per heavy atom. The molecule has 0 spiro atoms. The number of carbonyl (C=O) groups is 1. The molecule has 0 atom stereocenters. The molecule has 1 aliphatic rings. The van der Waals surface area contributed by atoms with Crippen LogP contribution < -0.4 is 11.1 Å². The lowest BCUT2D eigenvalue weighted by molar-refractivity contribution is 0.0878. The standard InChI is InChI=1S/C14H19FN2O/c1-14(7-3-2-4-8-14)17-13(18)11-9-10(16)5-6-12(11)15/h5-6,9H,2-4,7-8,16H2,1H3,(H,17,18). The molecule has 2 rings (SSSR count). The normalized spacial score (nSPS) is 18.3. The molecular weight excluding hydrogens is 231 g/mol. The molecule has 1 saturated carbocycles. The molecule has 1 aliphatic carbocycles. The summed E-state index contributed by atoms with van der Waals surface area (Å²) in [5.74, 6) is -0.898. The van der Waals surface area contributed by atoms with Crippen LogP contribution in [0.1, 0.15) is 49.4 Å². The van der Waals surface area contributed by atoms with E-state index in [1.54, 1.807) is 0 Å². The first-order valence-electron chi connectivity index (χ1n) is 6.38. The quantitative estimate of drug-likeness (QED) is 0.793. The smallest absolute Gasteiger partial charge is 0.254 e. The molecule has 98 valence electrons. The van der Waals surface area contributed by atoms with Crippen LogP contribution in [-0.4, -0.2) is 11.4 Å². The highest BCUT2D eigenvalue weighted by Gasteiger charge is 2.29. The zero-order valence-electron chi connectivity index (χ0n) is 10.6. The Hall–Kier alpha value is -1.58. The van der Waals surface area contributed by atoms with Gasteiger partial charge in [-0.1, -0.05) is 19.3 Å². The Morgan fingerprint density at radius 2 is 2.00 bits per heavy atom. The third kappa shape index (κ3) is 2.81. The minimum absolute atomic E-state index is 0.0294. The predicted molar refractivity (Wildman–Crippen MR) is 69.8 cm³/mol. The second kappa shape index (κ2) is 4.96. The maximum absolute atomic E-state index is 13.6. The Kier molecular flexibility index (Phi) is 3.55. The molecule has 1 aromatic rings. The number of nitrogens with one attached hydrogen (secondary N) is 1. The molecule has 3 N–H and O–H groups in total. The fourth-order valence-corrected chi connectivity index (χ4v) is 2.52. The fourth-order valence-electron chi connectivity index (χ4n) is 2.52. The fraction of sp³-hybridized carbons (Fsp3) is 0.500. The average molecular weight is 250 g/mol. The van der Waals surface area contributed by atoms with E-state index >= 15 is 0 Å². The summed E-state index contributed by atoms with van der Waals surface area (Å²) < 4.78 is 13.6. The van der Waals surface area contributed by atoms with Gasteiger partial charge < -0.3 is 11.1 Å². The molecule has 0 aromatic heterocycles. The highest BCUT2D eigenvalue weighted by molar-refractivity contribution is 5.95. The summed E-state index contributed by atoms with van der Waals surface area (Å²) in [6.45, 7) is 2.02. The molecule has 0 bridgehead atoms. The average Bonchev–Trinajstić information content (AvgIpc) is 2.32. The van der Waals surface area contributed by atoms with Crippen LogP contribution in [0.5, 0.6) is 0 Å². The number of carbonyl (C=O) groups excluding carboxylic acids is 1. The van der Waals surface area contributed by atoms with E-state index in [4.69, 9.17) is 5.73 Å². The largest absolute Gasteiger partial charge is 0.399 e. The van der Waals surface area contributed by atoms with Gasteiger partial charge >= 0.3 is 0 Å². The molecule has 1 aromatic carbocycles. The van der Waals surface area contributed by atoms with Gasteiger partial charge in [-0.2, -0.15) is 0 Å². The van der Waals surface area contributed by atoms with Crippen LogP contribution in [0, 0.1) is 5.82 Å². The maximum Gasteiger partial charge on any atom is 0.254 e. The molecule has 1 fully saturated rings. The van der Waals surface area contributed by atoms with E-state index in [0.717, 1.165) is 25.7 Å². The number of halogens is 1. The maximum atomic E-state index is 13.6. The van der Waals surface area contributed by atoms with Crippen LogP contribution >= 0.6 is 0 Å². The molecule has 0 aliphatic heterocycles. The van der Waals surface area contributed by atoms with Gasteiger partial charge in [0, 0.05) is 11.2 Å². The third-order valence-electron chi connectivity index (χ3n) is 3.61. The second-order valence-corrected chi connectivity index (χ2v) is 5.31. The number of benzene rings is 1. The summed E-state index contributed by atoms with van der Waals surface area (Å²) in [4.78, 5) is 12.1. The number of nitrogens with two attached hydrogens (primary N) is 1. The Labute approximate surface area is 107 Å². The molecule has 0 heterocycles. The van der Waals surface area contributed by atoms with E-state index in [2.05, 4.69) is 5.32 Å². The third-order valence-corrected chi connectivity index (χ3v) is 3.61. The number of hydrogen-bond donors (Lipinski definition) is 2. The molecular formula is C14H19FN2O. The monoisotopic (exact) mass is 250 g/mol. The molecule has 0 radical (unpaired) electrons. The first-order chi connectivity index (χ1) is 8.50. The van der Waals surface area contributed by atoms with Crippen molar-refractivity contribution in [2.45, 2.75) is 44.6 Å². The van der Waals surface area contributed by atoms with Gasteiger partial charge in [0.15, 0.2) is 0 Å². The van der Waals surface area contributed by atoms with Crippen LogP contribution in [0.4, 0.5) is 10.1 Å². The van der Waals surface area contributed by atoms with Crippen molar-refractivity contribution < 1.29 is 9.18 Å². The van der Waals surface area contributed by atoms with Crippen LogP contribution in [0.3, 0.4) is 0 Å². The van der Waals surface area contributed by atoms with Crippen LogP contribution in [0.25, 0.3) is 0 Å². The molecule has 18 heavy (non-hydrogen) atoms. The number of nitrogen functional groups attached to an aromatic ring is 1.